The molecule has 0 fully saturated rings. The number of furan rings is 1. The van der Waals surface area contributed by atoms with Crippen molar-refractivity contribution in [3.8, 4) is 0 Å². The monoisotopic (exact) mass is 225 g/mol. The molecule has 0 bridgehead atoms. The second-order valence-corrected chi connectivity index (χ2v) is 3.39. The molecule has 0 aromatic carbocycles. The summed E-state index contributed by atoms with van der Waals surface area (Å²) in [6, 6.07) is 2.38. The van der Waals surface area contributed by atoms with Gasteiger partial charge in [-0.05, 0) is 18.6 Å². The molecule has 5 nitrogen and oxygen atoms in total. The van der Waals surface area contributed by atoms with Crippen LogP contribution in [-0.2, 0) is 11.2 Å². The van der Waals surface area contributed by atoms with E-state index in [1.54, 1.807) is 19.1 Å². The Morgan fingerprint density at radius 2 is 2.12 bits per heavy atom. The van der Waals surface area contributed by atoms with Crippen molar-refractivity contribution < 1.29 is 19.1 Å². The molecule has 1 heterocycles. The van der Waals surface area contributed by atoms with Gasteiger partial charge in [0.2, 0.25) is 0 Å². The van der Waals surface area contributed by atoms with E-state index in [2.05, 4.69) is 5.32 Å². The largest absolute Gasteiger partial charge is 0.480 e. The number of carbonyl (C=O) groups excluding carboxylic acids is 1. The predicted octanol–water partition coefficient (Wildman–Crippen LogP) is 1.44. The highest BCUT2D eigenvalue weighted by Gasteiger charge is 2.20. The van der Waals surface area contributed by atoms with Crippen molar-refractivity contribution in [2.24, 2.45) is 0 Å². The summed E-state index contributed by atoms with van der Waals surface area (Å²) in [5, 5.41) is 11.2. The summed E-state index contributed by atoms with van der Waals surface area (Å²) >= 11 is 0. The van der Waals surface area contributed by atoms with Crippen molar-refractivity contribution in [2.45, 2.75) is 32.7 Å². The van der Waals surface area contributed by atoms with Gasteiger partial charge in [0.15, 0.2) is 5.76 Å². The second-order valence-electron chi connectivity index (χ2n) is 3.39. The average molecular weight is 225 g/mol. The van der Waals surface area contributed by atoms with Gasteiger partial charge < -0.3 is 14.8 Å². The second kappa shape index (κ2) is 5.34. The Bertz CT molecular complexity index is 383. The Labute approximate surface area is 93.4 Å². The van der Waals surface area contributed by atoms with Crippen LogP contribution < -0.4 is 5.32 Å². The Morgan fingerprint density at radius 3 is 2.56 bits per heavy atom. The van der Waals surface area contributed by atoms with E-state index >= 15 is 0 Å². The third kappa shape index (κ3) is 2.85. The Kier molecular flexibility index (Phi) is 4.10. The predicted molar refractivity (Wildman–Crippen MR) is 57.3 cm³/mol. The zero-order chi connectivity index (χ0) is 12.1. The number of aliphatic carboxylic acids is 1. The van der Waals surface area contributed by atoms with Gasteiger partial charge in [-0.15, -0.1) is 0 Å². The third-order valence-electron chi connectivity index (χ3n) is 2.25. The molecular formula is C11H15NO4. The molecule has 0 saturated heterocycles. The minimum absolute atomic E-state index is 0.150. The minimum Gasteiger partial charge on any atom is -0.480 e. The van der Waals surface area contributed by atoms with Crippen molar-refractivity contribution in [3.05, 3.63) is 23.7 Å². The van der Waals surface area contributed by atoms with Gasteiger partial charge in [0, 0.05) is 6.42 Å². The summed E-state index contributed by atoms with van der Waals surface area (Å²) in [5.41, 5.74) is 0. The number of hydrogen-bond acceptors (Lipinski definition) is 3. The molecule has 0 aliphatic heterocycles. The van der Waals surface area contributed by atoms with Crippen LogP contribution in [0.5, 0.6) is 0 Å². The van der Waals surface area contributed by atoms with Gasteiger partial charge in [0.25, 0.3) is 5.91 Å². The molecule has 0 aliphatic rings. The lowest BCUT2D eigenvalue weighted by Crippen LogP contribution is -2.40. The zero-order valence-electron chi connectivity index (χ0n) is 9.32. The number of aryl methyl sites for hydroxylation is 1. The highest BCUT2D eigenvalue weighted by Crippen LogP contribution is 2.08. The van der Waals surface area contributed by atoms with Crippen LogP contribution in [0.25, 0.3) is 0 Å². The quantitative estimate of drug-likeness (QED) is 0.794. The van der Waals surface area contributed by atoms with E-state index in [0.717, 1.165) is 0 Å². The average Bonchev–Trinajstić information content (AvgIpc) is 2.73. The molecule has 1 amide bonds. The van der Waals surface area contributed by atoms with E-state index in [9.17, 15) is 9.59 Å². The van der Waals surface area contributed by atoms with Gasteiger partial charge in [-0.25, -0.2) is 4.79 Å². The first-order valence-corrected chi connectivity index (χ1v) is 5.20. The van der Waals surface area contributed by atoms with E-state index in [4.69, 9.17) is 9.52 Å². The first kappa shape index (κ1) is 12.3. The minimum atomic E-state index is -1.04. The maximum absolute atomic E-state index is 11.6. The summed E-state index contributed by atoms with van der Waals surface area (Å²) < 4.78 is 5.21. The highest BCUT2D eigenvalue weighted by atomic mass is 16.4. The fraction of sp³-hybridized carbons (Fsp3) is 0.455. The van der Waals surface area contributed by atoms with Gasteiger partial charge in [-0.2, -0.15) is 0 Å². The molecule has 0 unspecified atom stereocenters. The van der Waals surface area contributed by atoms with Crippen molar-refractivity contribution in [3.63, 3.8) is 0 Å². The van der Waals surface area contributed by atoms with Crippen molar-refractivity contribution in [2.75, 3.05) is 0 Å². The Morgan fingerprint density at radius 1 is 1.44 bits per heavy atom. The van der Waals surface area contributed by atoms with Gasteiger partial charge >= 0.3 is 5.97 Å². The molecule has 1 aromatic rings. The van der Waals surface area contributed by atoms with Crippen LogP contribution in [0.3, 0.4) is 0 Å². The standard InChI is InChI=1S/C11H15NO4/c1-3-7-5-6-9(16-7)10(13)12-8(4-2)11(14)15/h5-6,8H,3-4H2,1-2H3,(H,12,13)(H,14,15)/t8-/m1/s1. The molecule has 16 heavy (non-hydrogen) atoms. The number of carboxylic acids is 1. The van der Waals surface area contributed by atoms with Gasteiger partial charge in [0.1, 0.15) is 11.8 Å². The maximum atomic E-state index is 11.6. The van der Waals surface area contributed by atoms with E-state index in [1.165, 1.54) is 0 Å². The molecule has 5 heteroatoms. The molecule has 2 N–H and O–H groups in total. The molecule has 88 valence electrons. The molecule has 1 aromatic heterocycles. The fourth-order valence-electron chi connectivity index (χ4n) is 1.26. The lowest BCUT2D eigenvalue weighted by molar-refractivity contribution is -0.139. The van der Waals surface area contributed by atoms with Crippen LogP contribution in [-0.4, -0.2) is 23.0 Å². The smallest absolute Gasteiger partial charge is 0.326 e. The van der Waals surface area contributed by atoms with Crippen LogP contribution in [0.2, 0.25) is 0 Å². The molecule has 0 saturated carbocycles. The van der Waals surface area contributed by atoms with Gasteiger partial charge in [0.05, 0.1) is 0 Å². The molecule has 0 radical (unpaired) electrons. The molecule has 0 aliphatic carbocycles. The SMILES string of the molecule is CCc1ccc(C(=O)N[C@H](CC)C(=O)O)o1. The van der Waals surface area contributed by atoms with Crippen LogP contribution in [0, 0.1) is 0 Å². The molecular weight excluding hydrogens is 210 g/mol. The number of nitrogens with one attached hydrogen (secondary N) is 1. The number of rotatable bonds is 5. The van der Waals surface area contributed by atoms with Crippen molar-refractivity contribution in [1.82, 2.24) is 5.32 Å². The van der Waals surface area contributed by atoms with E-state index in [1.807, 2.05) is 6.92 Å². The van der Waals surface area contributed by atoms with Crippen LogP contribution in [0.4, 0.5) is 0 Å². The number of hydrogen-bond donors (Lipinski definition) is 2. The molecule has 0 spiro atoms. The van der Waals surface area contributed by atoms with Gasteiger partial charge in [-0.1, -0.05) is 13.8 Å². The molecule has 1 atom stereocenters. The summed E-state index contributed by atoms with van der Waals surface area (Å²) in [6.07, 6.45) is 1.03. The van der Waals surface area contributed by atoms with Crippen LogP contribution in [0.15, 0.2) is 16.5 Å². The fourth-order valence-corrected chi connectivity index (χ4v) is 1.26. The number of carbonyl (C=O) groups is 2. The Balaban J connectivity index is 2.67. The summed E-state index contributed by atoms with van der Waals surface area (Å²) in [4.78, 5) is 22.3. The summed E-state index contributed by atoms with van der Waals surface area (Å²) in [6.45, 7) is 3.60. The molecule has 1 rings (SSSR count). The number of carboxylic acid groups (broad SMARTS) is 1. The lowest BCUT2D eigenvalue weighted by Gasteiger charge is -2.10. The normalized spacial score (nSPS) is 12.1. The summed E-state index contributed by atoms with van der Waals surface area (Å²) in [5.74, 6) is -0.683. The third-order valence-corrected chi connectivity index (χ3v) is 2.25. The van der Waals surface area contributed by atoms with Gasteiger partial charge in [-0.3, -0.25) is 4.79 Å². The van der Waals surface area contributed by atoms with E-state index < -0.39 is 17.9 Å². The van der Waals surface area contributed by atoms with Crippen molar-refractivity contribution in [1.29, 1.82) is 0 Å². The van der Waals surface area contributed by atoms with Crippen molar-refractivity contribution >= 4 is 11.9 Å². The highest BCUT2D eigenvalue weighted by molar-refractivity contribution is 5.94. The topological polar surface area (TPSA) is 79.5 Å². The Hall–Kier alpha value is -1.78. The van der Waals surface area contributed by atoms with E-state index in [-0.39, 0.29) is 5.76 Å². The van der Waals surface area contributed by atoms with Crippen LogP contribution in [0.1, 0.15) is 36.6 Å². The first-order chi connectivity index (χ1) is 7.58. The lowest BCUT2D eigenvalue weighted by atomic mass is 10.2. The summed E-state index contributed by atoms with van der Waals surface area (Å²) in [7, 11) is 0. The zero-order valence-corrected chi connectivity index (χ0v) is 9.32. The van der Waals surface area contributed by atoms with E-state index in [0.29, 0.717) is 18.6 Å². The first-order valence-electron chi connectivity index (χ1n) is 5.20. The number of amides is 1. The maximum Gasteiger partial charge on any atom is 0.326 e. The van der Waals surface area contributed by atoms with Crippen LogP contribution >= 0.6 is 0 Å².